The van der Waals surface area contributed by atoms with Crippen molar-refractivity contribution in [1.29, 1.82) is 0 Å². The number of Topliss-reactive ketones (excluding diaryl/α,β-unsaturated/α-hetero) is 1. The van der Waals surface area contributed by atoms with Crippen LogP contribution in [0.2, 0.25) is 0 Å². The van der Waals surface area contributed by atoms with Crippen molar-refractivity contribution in [3.63, 3.8) is 0 Å². The Morgan fingerprint density at radius 3 is 2.38 bits per heavy atom. The number of thiazole rings is 1. The van der Waals surface area contributed by atoms with Crippen molar-refractivity contribution < 1.29 is 24.6 Å². The maximum atomic E-state index is 12.1. The SMILES string of the molecule is Nc1nc(C(=O)C(=O)Nc2ccc(CCN(CC(O)c3ccccc3)C(=O)O)cc2)cs1. The van der Waals surface area contributed by atoms with Gasteiger partial charge < -0.3 is 26.2 Å². The third-order valence-corrected chi connectivity index (χ3v) is 5.37. The Kier molecular flexibility index (Phi) is 7.53. The molecule has 0 saturated heterocycles. The molecule has 2 aromatic carbocycles. The molecule has 166 valence electrons. The number of aliphatic hydroxyl groups excluding tert-OH is 1. The molecule has 0 bridgehead atoms. The molecule has 9 nitrogen and oxygen atoms in total. The number of ketones is 1. The number of aromatic nitrogens is 1. The summed E-state index contributed by atoms with van der Waals surface area (Å²) in [5, 5.41) is 23.9. The summed E-state index contributed by atoms with van der Waals surface area (Å²) in [7, 11) is 0. The summed E-state index contributed by atoms with van der Waals surface area (Å²) in [5.41, 5.74) is 7.38. The molecule has 0 radical (unpaired) electrons. The molecule has 0 aliphatic rings. The van der Waals surface area contributed by atoms with Gasteiger partial charge in [-0.05, 0) is 29.7 Å². The summed E-state index contributed by atoms with van der Waals surface area (Å²) >= 11 is 1.07. The van der Waals surface area contributed by atoms with E-state index >= 15 is 0 Å². The number of aliphatic hydroxyl groups is 1. The number of amides is 2. The molecule has 0 aliphatic heterocycles. The molecule has 3 aromatic rings. The van der Waals surface area contributed by atoms with E-state index in [4.69, 9.17) is 5.73 Å². The second-order valence-electron chi connectivity index (χ2n) is 6.96. The van der Waals surface area contributed by atoms with Gasteiger partial charge in [0, 0.05) is 17.6 Å². The number of carbonyl (C=O) groups is 3. The predicted molar refractivity (Wildman–Crippen MR) is 121 cm³/mol. The van der Waals surface area contributed by atoms with Gasteiger partial charge in [0.1, 0.15) is 5.69 Å². The maximum Gasteiger partial charge on any atom is 0.407 e. The molecule has 2 amide bonds. The number of rotatable bonds is 9. The zero-order valence-corrected chi connectivity index (χ0v) is 17.8. The van der Waals surface area contributed by atoms with E-state index in [1.165, 1.54) is 5.38 Å². The Morgan fingerprint density at radius 1 is 1.09 bits per heavy atom. The van der Waals surface area contributed by atoms with E-state index in [-0.39, 0.29) is 23.9 Å². The van der Waals surface area contributed by atoms with Gasteiger partial charge in [-0.25, -0.2) is 9.78 Å². The predicted octanol–water partition coefficient (Wildman–Crippen LogP) is 2.80. The molecule has 0 saturated carbocycles. The van der Waals surface area contributed by atoms with Crippen molar-refractivity contribution in [2.24, 2.45) is 0 Å². The Hall–Kier alpha value is -3.76. The van der Waals surface area contributed by atoms with Crippen LogP contribution in [0.5, 0.6) is 0 Å². The number of hydrogen-bond donors (Lipinski definition) is 4. The van der Waals surface area contributed by atoms with Gasteiger partial charge in [0.05, 0.1) is 12.6 Å². The molecule has 1 atom stereocenters. The van der Waals surface area contributed by atoms with Gasteiger partial charge in [-0.1, -0.05) is 42.5 Å². The molecule has 10 heteroatoms. The molecular formula is C22H22N4O5S. The van der Waals surface area contributed by atoms with E-state index in [0.717, 1.165) is 21.8 Å². The summed E-state index contributed by atoms with van der Waals surface area (Å²) in [6, 6.07) is 15.6. The van der Waals surface area contributed by atoms with E-state index < -0.39 is 23.9 Å². The quantitative estimate of drug-likeness (QED) is 0.287. The second-order valence-corrected chi connectivity index (χ2v) is 7.85. The summed E-state index contributed by atoms with van der Waals surface area (Å²) in [6.45, 7) is 0.144. The monoisotopic (exact) mass is 454 g/mol. The average Bonchev–Trinajstić information content (AvgIpc) is 3.23. The minimum Gasteiger partial charge on any atom is -0.465 e. The summed E-state index contributed by atoms with van der Waals surface area (Å²) in [6.07, 6.45) is -1.63. The lowest BCUT2D eigenvalue weighted by atomic mass is 10.1. The van der Waals surface area contributed by atoms with Gasteiger partial charge in [0.2, 0.25) is 0 Å². The van der Waals surface area contributed by atoms with Crippen LogP contribution in [-0.2, 0) is 11.2 Å². The molecule has 1 heterocycles. The number of anilines is 2. The van der Waals surface area contributed by atoms with E-state index in [0.29, 0.717) is 17.7 Å². The number of carboxylic acid groups (broad SMARTS) is 1. The molecule has 1 unspecified atom stereocenters. The topological polar surface area (TPSA) is 146 Å². The van der Waals surface area contributed by atoms with E-state index in [9.17, 15) is 24.6 Å². The van der Waals surface area contributed by atoms with Gasteiger partial charge in [-0.2, -0.15) is 0 Å². The second kappa shape index (κ2) is 10.5. The highest BCUT2D eigenvalue weighted by atomic mass is 32.1. The molecule has 3 rings (SSSR count). The number of nitrogens with zero attached hydrogens (tertiary/aromatic N) is 2. The van der Waals surface area contributed by atoms with Crippen LogP contribution in [0.25, 0.3) is 0 Å². The van der Waals surface area contributed by atoms with Crippen LogP contribution in [0.4, 0.5) is 15.6 Å². The summed E-state index contributed by atoms with van der Waals surface area (Å²) in [4.78, 5) is 40.7. The van der Waals surface area contributed by atoms with Crippen LogP contribution in [0.15, 0.2) is 60.0 Å². The van der Waals surface area contributed by atoms with E-state index in [2.05, 4.69) is 10.3 Å². The highest BCUT2D eigenvalue weighted by molar-refractivity contribution is 7.13. The standard InChI is InChI=1S/C22H22N4O5S/c23-21-25-17(13-32-21)19(28)20(29)24-16-8-6-14(7-9-16)10-11-26(22(30)31)12-18(27)15-4-2-1-3-5-15/h1-9,13,18,27H,10-12H2,(H2,23,25)(H,24,29)(H,30,31). The third-order valence-electron chi connectivity index (χ3n) is 4.69. The maximum absolute atomic E-state index is 12.1. The van der Waals surface area contributed by atoms with Crippen LogP contribution in [-0.4, -0.2) is 51.0 Å². The van der Waals surface area contributed by atoms with Crippen LogP contribution in [0.3, 0.4) is 0 Å². The molecular weight excluding hydrogens is 432 g/mol. The van der Waals surface area contributed by atoms with Crippen molar-refractivity contribution in [3.8, 4) is 0 Å². The summed E-state index contributed by atoms with van der Waals surface area (Å²) in [5.74, 6) is -1.61. The molecule has 32 heavy (non-hydrogen) atoms. The first-order valence-electron chi connectivity index (χ1n) is 9.70. The smallest absolute Gasteiger partial charge is 0.407 e. The Balaban J connectivity index is 1.54. The van der Waals surface area contributed by atoms with Crippen molar-refractivity contribution >= 4 is 39.9 Å². The van der Waals surface area contributed by atoms with Crippen molar-refractivity contribution in [1.82, 2.24) is 9.88 Å². The van der Waals surface area contributed by atoms with E-state index in [1.807, 2.05) is 6.07 Å². The Morgan fingerprint density at radius 2 is 1.78 bits per heavy atom. The molecule has 0 fully saturated rings. The molecule has 1 aromatic heterocycles. The fraction of sp³-hybridized carbons (Fsp3) is 0.182. The summed E-state index contributed by atoms with van der Waals surface area (Å²) < 4.78 is 0. The van der Waals surface area contributed by atoms with Gasteiger partial charge in [-0.15, -0.1) is 11.3 Å². The zero-order chi connectivity index (χ0) is 23.1. The Labute approximate surface area is 188 Å². The number of nitrogens with one attached hydrogen (secondary N) is 1. The van der Waals surface area contributed by atoms with Crippen LogP contribution >= 0.6 is 11.3 Å². The Bertz CT molecular complexity index is 1090. The normalized spacial score (nSPS) is 11.5. The first-order valence-corrected chi connectivity index (χ1v) is 10.6. The first-order chi connectivity index (χ1) is 15.3. The number of carbonyl (C=O) groups excluding carboxylic acids is 2. The largest absolute Gasteiger partial charge is 0.465 e. The minimum absolute atomic E-state index is 0.00641. The highest BCUT2D eigenvalue weighted by Crippen LogP contribution is 2.16. The first kappa shape index (κ1) is 22.9. The number of hydrogen-bond acceptors (Lipinski definition) is 7. The van der Waals surface area contributed by atoms with Crippen molar-refractivity contribution in [3.05, 3.63) is 76.8 Å². The van der Waals surface area contributed by atoms with Gasteiger partial charge in [0.15, 0.2) is 5.13 Å². The lowest BCUT2D eigenvalue weighted by Crippen LogP contribution is -2.35. The van der Waals surface area contributed by atoms with Crippen molar-refractivity contribution in [2.75, 3.05) is 24.1 Å². The number of nitrogens with two attached hydrogens (primary N) is 1. The van der Waals surface area contributed by atoms with Gasteiger partial charge >= 0.3 is 6.09 Å². The average molecular weight is 455 g/mol. The highest BCUT2D eigenvalue weighted by Gasteiger charge is 2.20. The third kappa shape index (κ3) is 6.13. The van der Waals surface area contributed by atoms with Crippen LogP contribution in [0, 0.1) is 0 Å². The van der Waals surface area contributed by atoms with E-state index in [1.54, 1.807) is 48.5 Å². The fourth-order valence-electron chi connectivity index (χ4n) is 2.97. The fourth-order valence-corrected chi connectivity index (χ4v) is 3.51. The lowest BCUT2D eigenvalue weighted by Gasteiger charge is -2.22. The minimum atomic E-state index is -1.12. The molecule has 0 aliphatic carbocycles. The van der Waals surface area contributed by atoms with Gasteiger partial charge in [-0.3, -0.25) is 9.59 Å². The lowest BCUT2D eigenvalue weighted by molar-refractivity contribution is -0.112. The van der Waals surface area contributed by atoms with Gasteiger partial charge in [0.25, 0.3) is 11.7 Å². The zero-order valence-electron chi connectivity index (χ0n) is 17.0. The number of nitrogen functional groups attached to an aromatic ring is 1. The molecule has 0 spiro atoms. The number of benzene rings is 2. The van der Waals surface area contributed by atoms with Crippen LogP contribution in [0.1, 0.15) is 27.7 Å². The van der Waals surface area contributed by atoms with Crippen LogP contribution < -0.4 is 11.1 Å². The molecule has 5 N–H and O–H groups in total. The van der Waals surface area contributed by atoms with Crippen molar-refractivity contribution in [2.45, 2.75) is 12.5 Å².